The number of benzene rings is 1. The second-order valence-corrected chi connectivity index (χ2v) is 4.00. The number of carbonyl (C=O) groups excluding carboxylic acids is 1. The maximum Gasteiger partial charge on any atom is 0.331 e. The van der Waals surface area contributed by atoms with Crippen molar-refractivity contribution < 1.29 is 14.5 Å². The van der Waals surface area contributed by atoms with E-state index in [1.54, 1.807) is 12.1 Å². The van der Waals surface area contributed by atoms with Crippen molar-refractivity contribution in [1.29, 1.82) is 0 Å². The normalized spacial score (nSPS) is 13.6. The average Bonchev–Trinajstić information content (AvgIpc) is 3.32. The number of nitrogens with zero attached hydrogens (tertiary/aromatic N) is 1. The lowest BCUT2D eigenvalue weighted by Crippen LogP contribution is -2.32. The lowest BCUT2D eigenvalue weighted by Gasteiger charge is -2.15. The average molecular weight is 296 g/mol. The third-order valence-corrected chi connectivity index (χ3v) is 2.79. The van der Waals surface area contributed by atoms with E-state index in [1.165, 1.54) is 19.2 Å². The Kier molecular flexibility index (Phi) is 8.04. The summed E-state index contributed by atoms with van der Waals surface area (Å²) in [5.41, 5.74) is 0.0715. The van der Waals surface area contributed by atoms with Crippen LogP contribution in [0.1, 0.15) is 40.5 Å². The summed E-state index contributed by atoms with van der Waals surface area (Å²) < 4.78 is 4.70. The lowest BCUT2D eigenvalue weighted by atomic mass is 10.2. The van der Waals surface area contributed by atoms with Crippen molar-refractivity contribution in [2.45, 2.75) is 46.1 Å². The van der Waals surface area contributed by atoms with Gasteiger partial charge in [-0.1, -0.05) is 27.7 Å². The largest absolute Gasteiger partial charge is 0.467 e. The highest BCUT2D eigenvalue weighted by Crippen LogP contribution is 2.40. The van der Waals surface area contributed by atoms with Crippen LogP contribution in [0.25, 0.3) is 0 Å². The number of hydrogen-bond acceptors (Lipinski definition) is 5. The van der Waals surface area contributed by atoms with Crippen LogP contribution < -0.4 is 5.32 Å². The van der Waals surface area contributed by atoms with Gasteiger partial charge in [-0.25, -0.2) is 4.79 Å². The number of hydrogen-bond donors (Lipinski definition) is 1. The molecular formula is C15H24N2O4. The minimum atomic E-state index is -0.634. The summed E-state index contributed by atoms with van der Waals surface area (Å²) in [6.45, 7) is 8.00. The Hall–Kier alpha value is -2.11. The van der Waals surface area contributed by atoms with Gasteiger partial charge in [0.2, 0.25) is 0 Å². The van der Waals surface area contributed by atoms with Crippen LogP contribution in [0.15, 0.2) is 24.3 Å². The van der Waals surface area contributed by atoms with Crippen LogP contribution in [-0.4, -0.2) is 23.5 Å². The van der Waals surface area contributed by atoms with Gasteiger partial charge in [0, 0.05) is 17.8 Å². The van der Waals surface area contributed by atoms with E-state index in [2.05, 4.69) is 5.32 Å². The number of methoxy groups -OCH3 is 1. The lowest BCUT2D eigenvalue weighted by molar-refractivity contribution is -0.384. The zero-order valence-corrected chi connectivity index (χ0v) is 13.3. The monoisotopic (exact) mass is 296 g/mol. The Labute approximate surface area is 125 Å². The van der Waals surface area contributed by atoms with Crippen LogP contribution >= 0.6 is 0 Å². The maximum absolute atomic E-state index is 11.5. The maximum atomic E-state index is 11.5. The summed E-state index contributed by atoms with van der Waals surface area (Å²) in [6.07, 6.45) is 1.44. The van der Waals surface area contributed by atoms with E-state index in [4.69, 9.17) is 4.74 Å². The van der Waals surface area contributed by atoms with Gasteiger partial charge in [0.05, 0.1) is 12.0 Å². The molecule has 0 spiro atoms. The van der Waals surface area contributed by atoms with Crippen LogP contribution in [0.5, 0.6) is 0 Å². The molecular weight excluding hydrogens is 272 g/mol. The summed E-state index contributed by atoms with van der Waals surface area (Å²) in [6, 6.07) is 5.97. The van der Waals surface area contributed by atoms with Gasteiger partial charge in [0.25, 0.3) is 5.69 Å². The SMILES string of the molecule is CC.CC.COC(=O)C1(Nc2ccc([N+](=O)[O-])cc2)CC1. The fourth-order valence-corrected chi connectivity index (χ4v) is 1.64. The molecule has 0 unspecified atom stereocenters. The van der Waals surface area contributed by atoms with Crippen molar-refractivity contribution in [3.8, 4) is 0 Å². The number of ether oxygens (including phenoxy) is 1. The van der Waals surface area contributed by atoms with Gasteiger partial charge in [-0.3, -0.25) is 10.1 Å². The molecule has 1 aromatic rings. The molecule has 0 aliphatic heterocycles. The van der Waals surface area contributed by atoms with Gasteiger partial charge in [0.1, 0.15) is 5.54 Å². The first-order valence-corrected chi connectivity index (χ1v) is 7.18. The second-order valence-electron chi connectivity index (χ2n) is 4.00. The van der Waals surface area contributed by atoms with Crippen LogP contribution in [0.2, 0.25) is 0 Å². The van der Waals surface area contributed by atoms with Crippen molar-refractivity contribution in [3.05, 3.63) is 34.4 Å². The van der Waals surface area contributed by atoms with E-state index >= 15 is 0 Å². The molecule has 1 aliphatic carbocycles. The fraction of sp³-hybridized carbons (Fsp3) is 0.533. The van der Waals surface area contributed by atoms with E-state index < -0.39 is 10.5 Å². The molecule has 0 heterocycles. The van der Waals surface area contributed by atoms with E-state index in [9.17, 15) is 14.9 Å². The number of nitro groups is 1. The molecule has 1 aromatic carbocycles. The highest BCUT2D eigenvalue weighted by Gasteiger charge is 2.51. The molecule has 1 saturated carbocycles. The van der Waals surface area contributed by atoms with Crippen molar-refractivity contribution in [2.24, 2.45) is 0 Å². The predicted octanol–water partition coefficient (Wildman–Crippen LogP) is 3.76. The van der Waals surface area contributed by atoms with E-state index in [0.29, 0.717) is 5.69 Å². The van der Waals surface area contributed by atoms with Gasteiger partial charge in [-0.2, -0.15) is 0 Å². The van der Waals surface area contributed by atoms with Gasteiger partial charge in [0.15, 0.2) is 0 Å². The number of anilines is 1. The Morgan fingerprint density at radius 2 is 1.67 bits per heavy atom. The minimum Gasteiger partial charge on any atom is -0.467 e. The Morgan fingerprint density at radius 1 is 1.19 bits per heavy atom. The van der Waals surface area contributed by atoms with E-state index in [0.717, 1.165) is 12.8 Å². The number of rotatable bonds is 4. The molecule has 1 aliphatic rings. The molecule has 6 heteroatoms. The molecule has 1 N–H and O–H groups in total. The number of nitro benzene ring substituents is 1. The van der Waals surface area contributed by atoms with Gasteiger partial charge in [-0.15, -0.1) is 0 Å². The van der Waals surface area contributed by atoms with E-state index in [-0.39, 0.29) is 11.7 Å². The Morgan fingerprint density at radius 3 is 2.00 bits per heavy atom. The van der Waals surface area contributed by atoms with Crippen molar-refractivity contribution in [1.82, 2.24) is 0 Å². The fourth-order valence-electron chi connectivity index (χ4n) is 1.64. The first-order chi connectivity index (χ1) is 10.1. The standard InChI is InChI=1S/C11H12N2O4.2C2H6/c1-17-10(14)11(6-7-11)12-8-2-4-9(5-3-8)13(15)16;2*1-2/h2-5,12H,6-7H2,1H3;2*1-2H3. The molecule has 118 valence electrons. The molecule has 0 saturated heterocycles. The van der Waals surface area contributed by atoms with Crippen LogP contribution in [0, 0.1) is 10.1 Å². The molecule has 21 heavy (non-hydrogen) atoms. The summed E-state index contributed by atoms with van der Waals surface area (Å²) in [5.74, 6) is -0.296. The highest BCUT2D eigenvalue weighted by molar-refractivity contribution is 5.88. The molecule has 2 rings (SSSR count). The smallest absolute Gasteiger partial charge is 0.331 e. The van der Waals surface area contributed by atoms with Crippen LogP contribution in [-0.2, 0) is 9.53 Å². The minimum absolute atomic E-state index is 0.0264. The third kappa shape index (κ3) is 5.06. The summed E-state index contributed by atoms with van der Waals surface area (Å²) >= 11 is 0. The second kappa shape index (κ2) is 8.94. The molecule has 6 nitrogen and oxygen atoms in total. The summed E-state index contributed by atoms with van der Waals surface area (Å²) in [5, 5.41) is 13.5. The zero-order valence-electron chi connectivity index (χ0n) is 13.3. The third-order valence-electron chi connectivity index (χ3n) is 2.79. The number of carbonyl (C=O) groups is 1. The van der Waals surface area contributed by atoms with Gasteiger partial charge < -0.3 is 10.1 Å². The molecule has 1 fully saturated rings. The summed E-state index contributed by atoms with van der Waals surface area (Å²) in [4.78, 5) is 21.5. The number of esters is 1. The molecule has 0 radical (unpaired) electrons. The van der Waals surface area contributed by atoms with Gasteiger partial charge >= 0.3 is 5.97 Å². The van der Waals surface area contributed by atoms with Crippen molar-refractivity contribution in [2.75, 3.05) is 12.4 Å². The Bertz CT molecular complexity index is 453. The first kappa shape index (κ1) is 18.9. The molecule has 0 aromatic heterocycles. The number of non-ortho nitro benzene ring substituents is 1. The van der Waals surface area contributed by atoms with Gasteiger partial charge in [-0.05, 0) is 25.0 Å². The van der Waals surface area contributed by atoms with Crippen LogP contribution in [0.4, 0.5) is 11.4 Å². The van der Waals surface area contributed by atoms with Crippen molar-refractivity contribution >= 4 is 17.3 Å². The zero-order chi connectivity index (χ0) is 16.5. The quantitative estimate of drug-likeness (QED) is 0.519. The molecule has 0 atom stereocenters. The Balaban J connectivity index is 0.000000921. The predicted molar refractivity (Wildman–Crippen MR) is 83.4 cm³/mol. The first-order valence-electron chi connectivity index (χ1n) is 7.18. The number of nitrogens with one attached hydrogen (secondary N) is 1. The van der Waals surface area contributed by atoms with E-state index in [1.807, 2.05) is 27.7 Å². The molecule has 0 amide bonds. The molecule has 0 bridgehead atoms. The van der Waals surface area contributed by atoms with Crippen LogP contribution in [0.3, 0.4) is 0 Å². The topological polar surface area (TPSA) is 81.5 Å². The highest BCUT2D eigenvalue weighted by atomic mass is 16.6. The summed E-state index contributed by atoms with van der Waals surface area (Å²) in [7, 11) is 1.35. The van der Waals surface area contributed by atoms with Crippen molar-refractivity contribution in [3.63, 3.8) is 0 Å².